The molecule has 2 aromatic rings. The summed E-state index contributed by atoms with van der Waals surface area (Å²) in [7, 11) is 1.65. The van der Waals surface area contributed by atoms with Gasteiger partial charge in [0.15, 0.2) is 6.10 Å². The van der Waals surface area contributed by atoms with Crippen molar-refractivity contribution in [2.45, 2.75) is 17.9 Å². The number of nitrogens with zero attached hydrogens (tertiary/aromatic N) is 3. The van der Waals surface area contributed by atoms with Crippen LogP contribution in [0.3, 0.4) is 0 Å². The van der Waals surface area contributed by atoms with Crippen molar-refractivity contribution in [1.82, 2.24) is 4.98 Å². The number of carbonyl (C=O) groups is 2. The van der Waals surface area contributed by atoms with E-state index < -0.39 is 12.1 Å². The molecule has 0 spiro atoms. The van der Waals surface area contributed by atoms with Gasteiger partial charge < -0.3 is 9.84 Å². The fraction of sp³-hybridized carbons (Fsp3) is 0.188. The predicted octanol–water partition coefficient (Wildman–Crippen LogP) is 3.02. The monoisotopic (exact) mass is 345 g/mol. The summed E-state index contributed by atoms with van der Waals surface area (Å²) in [5.74, 6) is -0.104. The van der Waals surface area contributed by atoms with Gasteiger partial charge in [-0.3, -0.25) is 4.90 Å². The number of anilines is 2. The fourth-order valence-electron chi connectivity index (χ4n) is 2.16. The summed E-state index contributed by atoms with van der Waals surface area (Å²) in [6.45, 7) is 1.45. The predicted molar refractivity (Wildman–Crippen MR) is 90.5 cm³/mol. The molecular weight excluding hydrogens is 330 g/mol. The molecule has 1 aliphatic heterocycles. The zero-order valence-electron chi connectivity index (χ0n) is 13.0. The summed E-state index contributed by atoms with van der Waals surface area (Å²) >= 11 is 1.26. The Morgan fingerprint density at radius 2 is 2.12 bits per heavy atom. The normalized spacial score (nSPS) is 15.0. The van der Waals surface area contributed by atoms with Crippen molar-refractivity contribution in [3.63, 3.8) is 0 Å². The number of urea groups is 1. The summed E-state index contributed by atoms with van der Waals surface area (Å²) in [6, 6.07) is 10.3. The zero-order chi connectivity index (χ0) is 17.3. The smallest absolute Gasteiger partial charge is 0.344 e. The minimum absolute atomic E-state index is 0.241. The number of pyridine rings is 1. The summed E-state index contributed by atoms with van der Waals surface area (Å²) in [5.41, 5.74) is 0.660. The maximum atomic E-state index is 12.6. The molecule has 0 bridgehead atoms. The average molecular weight is 345 g/mol. The molecule has 1 aromatic carbocycles. The standard InChI is InChI=1S/C16H15N3O4S/c1-10(15(20)21)23-11-6-7-13-12(9-11)18(2)16(22)19(24-13)14-5-3-4-8-17-14/h3-10H,1-2H3,(H,20,21)/t10-/m1/s1. The highest BCUT2D eigenvalue weighted by atomic mass is 32.2. The van der Waals surface area contributed by atoms with Crippen LogP contribution in [0.1, 0.15) is 6.92 Å². The largest absolute Gasteiger partial charge is 0.479 e. The molecule has 1 N–H and O–H groups in total. The summed E-state index contributed by atoms with van der Waals surface area (Å²) in [4.78, 5) is 30.0. The number of aromatic nitrogens is 1. The van der Waals surface area contributed by atoms with Gasteiger partial charge in [0.2, 0.25) is 0 Å². The van der Waals surface area contributed by atoms with Gasteiger partial charge in [-0.25, -0.2) is 18.9 Å². The topological polar surface area (TPSA) is 83.0 Å². The van der Waals surface area contributed by atoms with Crippen molar-refractivity contribution in [2.75, 3.05) is 16.3 Å². The number of ether oxygens (including phenoxy) is 1. The van der Waals surface area contributed by atoms with Gasteiger partial charge in [-0.2, -0.15) is 0 Å². The van der Waals surface area contributed by atoms with Gasteiger partial charge in [-0.15, -0.1) is 0 Å². The SMILES string of the molecule is C[C@@H](Oc1ccc2c(c1)N(C)C(=O)N(c1ccccn1)S2)C(=O)O. The quantitative estimate of drug-likeness (QED) is 0.858. The van der Waals surface area contributed by atoms with Crippen LogP contribution in [0.4, 0.5) is 16.3 Å². The van der Waals surface area contributed by atoms with E-state index in [-0.39, 0.29) is 6.03 Å². The molecule has 2 heterocycles. The number of carboxylic acid groups (broad SMARTS) is 1. The van der Waals surface area contributed by atoms with Crippen molar-refractivity contribution >= 4 is 35.5 Å². The number of carboxylic acids is 1. The van der Waals surface area contributed by atoms with Crippen molar-refractivity contribution in [1.29, 1.82) is 0 Å². The first-order chi connectivity index (χ1) is 11.5. The molecule has 0 saturated heterocycles. The van der Waals surface area contributed by atoms with Gasteiger partial charge in [0.25, 0.3) is 0 Å². The maximum Gasteiger partial charge on any atom is 0.344 e. The number of hydrogen-bond donors (Lipinski definition) is 1. The number of benzene rings is 1. The molecule has 24 heavy (non-hydrogen) atoms. The van der Waals surface area contributed by atoms with E-state index in [0.717, 1.165) is 4.90 Å². The number of amides is 2. The second-order valence-corrected chi connectivity index (χ2v) is 6.13. The lowest BCUT2D eigenvalue weighted by molar-refractivity contribution is -0.144. The molecule has 0 aliphatic carbocycles. The van der Waals surface area contributed by atoms with Gasteiger partial charge >= 0.3 is 12.0 Å². The molecule has 0 radical (unpaired) electrons. The van der Waals surface area contributed by atoms with Crippen molar-refractivity contribution < 1.29 is 19.4 Å². The molecule has 1 aliphatic rings. The Balaban J connectivity index is 1.90. The molecule has 1 atom stereocenters. The maximum absolute atomic E-state index is 12.6. The minimum Gasteiger partial charge on any atom is -0.479 e. The third-order valence-electron chi connectivity index (χ3n) is 3.46. The lowest BCUT2D eigenvalue weighted by Crippen LogP contribution is -2.41. The Kier molecular flexibility index (Phi) is 4.30. The third kappa shape index (κ3) is 3.00. The van der Waals surface area contributed by atoms with Crippen LogP contribution in [0, 0.1) is 0 Å². The highest BCUT2D eigenvalue weighted by Crippen LogP contribution is 2.41. The molecule has 8 heteroatoms. The van der Waals surface area contributed by atoms with Crippen molar-refractivity contribution in [3.05, 3.63) is 42.6 Å². The second-order valence-electron chi connectivity index (χ2n) is 5.14. The van der Waals surface area contributed by atoms with Gasteiger partial charge in [-0.05, 0) is 31.2 Å². The lowest BCUT2D eigenvalue weighted by Gasteiger charge is -2.33. The average Bonchev–Trinajstić information content (AvgIpc) is 2.59. The van der Waals surface area contributed by atoms with Crippen LogP contribution in [-0.4, -0.2) is 35.2 Å². The lowest BCUT2D eigenvalue weighted by atomic mass is 10.2. The van der Waals surface area contributed by atoms with Crippen LogP contribution in [0.5, 0.6) is 5.75 Å². The Hall–Kier alpha value is -2.74. The molecule has 0 saturated carbocycles. The first kappa shape index (κ1) is 16.1. The summed E-state index contributed by atoms with van der Waals surface area (Å²) in [6.07, 6.45) is 0.661. The summed E-state index contributed by atoms with van der Waals surface area (Å²) in [5, 5.41) is 8.93. The Morgan fingerprint density at radius 3 is 2.79 bits per heavy atom. The van der Waals surface area contributed by atoms with E-state index in [9.17, 15) is 9.59 Å². The first-order valence-electron chi connectivity index (χ1n) is 7.17. The van der Waals surface area contributed by atoms with Crippen LogP contribution in [0.15, 0.2) is 47.5 Å². The van der Waals surface area contributed by atoms with Gasteiger partial charge in [0.1, 0.15) is 11.6 Å². The molecule has 1 aromatic heterocycles. The van der Waals surface area contributed by atoms with Gasteiger partial charge in [0.05, 0.1) is 10.6 Å². The van der Waals surface area contributed by atoms with E-state index in [2.05, 4.69) is 4.98 Å². The molecule has 2 amide bonds. The summed E-state index contributed by atoms with van der Waals surface area (Å²) < 4.78 is 6.87. The van der Waals surface area contributed by atoms with Gasteiger partial charge in [0, 0.05) is 31.3 Å². The van der Waals surface area contributed by atoms with E-state index in [1.165, 1.54) is 28.1 Å². The van der Waals surface area contributed by atoms with Crippen LogP contribution < -0.4 is 13.9 Å². The molecular formula is C16H15N3O4S. The fourth-order valence-corrected chi connectivity index (χ4v) is 3.18. The Bertz CT molecular complexity index is 784. The van der Waals surface area contributed by atoms with Crippen molar-refractivity contribution in [2.24, 2.45) is 0 Å². The zero-order valence-corrected chi connectivity index (χ0v) is 13.9. The molecule has 0 unspecified atom stereocenters. The number of carbonyl (C=O) groups excluding carboxylic acids is 1. The van der Waals surface area contributed by atoms with Crippen molar-refractivity contribution in [3.8, 4) is 5.75 Å². The first-order valence-corrected chi connectivity index (χ1v) is 7.95. The minimum atomic E-state index is -1.05. The van der Waals surface area contributed by atoms with Gasteiger partial charge in [-0.1, -0.05) is 6.07 Å². The Labute approximate surface area is 143 Å². The molecule has 0 fully saturated rings. The van der Waals surface area contributed by atoms with Crippen LogP contribution in [0.25, 0.3) is 0 Å². The second kappa shape index (κ2) is 6.40. The highest BCUT2D eigenvalue weighted by molar-refractivity contribution is 8.01. The molecule has 124 valence electrons. The van der Waals surface area contributed by atoms with E-state index in [4.69, 9.17) is 9.84 Å². The van der Waals surface area contributed by atoms with E-state index >= 15 is 0 Å². The Morgan fingerprint density at radius 1 is 1.33 bits per heavy atom. The number of hydrogen-bond acceptors (Lipinski definition) is 5. The molecule has 7 nitrogen and oxygen atoms in total. The van der Waals surface area contributed by atoms with E-state index in [1.54, 1.807) is 43.6 Å². The number of aliphatic carboxylic acids is 1. The highest BCUT2D eigenvalue weighted by Gasteiger charge is 2.31. The van der Waals surface area contributed by atoms with E-state index in [0.29, 0.717) is 17.3 Å². The third-order valence-corrected chi connectivity index (χ3v) is 4.53. The molecule has 3 rings (SSSR count). The number of fused-ring (bicyclic) bond motifs is 1. The van der Waals surface area contributed by atoms with Crippen LogP contribution >= 0.6 is 11.9 Å². The number of rotatable bonds is 4. The van der Waals surface area contributed by atoms with Crippen LogP contribution in [0.2, 0.25) is 0 Å². The van der Waals surface area contributed by atoms with E-state index in [1.807, 2.05) is 6.07 Å². The van der Waals surface area contributed by atoms with Crippen LogP contribution in [-0.2, 0) is 4.79 Å².